The molecule has 1 aliphatic rings. The number of phenols is 2. The number of phenolic OH excluding ortho intramolecular Hbond substituents is 2. The summed E-state index contributed by atoms with van der Waals surface area (Å²) >= 11 is 0. The van der Waals surface area contributed by atoms with Crippen LogP contribution < -0.4 is 0 Å². The van der Waals surface area contributed by atoms with Gasteiger partial charge in [0, 0.05) is 11.1 Å². The van der Waals surface area contributed by atoms with Crippen molar-refractivity contribution in [1.82, 2.24) is 0 Å². The molecule has 4 heteroatoms. The summed E-state index contributed by atoms with van der Waals surface area (Å²) in [6, 6.07) is 14.4. The Labute approximate surface area is 245 Å². The van der Waals surface area contributed by atoms with E-state index in [0.717, 1.165) is 0 Å². The third kappa shape index (κ3) is 4.79. The summed E-state index contributed by atoms with van der Waals surface area (Å²) in [5.74, 6) is -0.186. The SMILES string of the molecule is CC(C)(C)c1cc(C2(c3cc(C(C)(C)C)c(O)c(C(C)(C)C)c3)C(=O)c3ccccc3C2=O)cc(C(C)(C)C)c1O. The lowest BCUT2D eigenvalue weighted by Gasteiger charge is -2.35. The molecule has 0 spiro atoms. The van der Waals surface area contributed by atoms with E-state index in [-0.39, 0.29) is 23.1 Å². The fraction of sp³-hybridized carbons (Fsp3) is 0.459. The van der Waals surface area contributed by atoms with Crippen LogP contribution in [-0.4, -0.2) is 21.8 Å². The predicted molar refractivity (Wildman–Crippen MR) is 167 cm³/mol. The van der Waals surface area contributed by atoms with E-state index >= 15 is 0 Å². The molecule has 0 aromatic heterocycles. The van der Waals surface area contributed by atoms with Gasteiger partial charge in [0.1, 0.15) is 16.9 Å². The maximum absolute atomic E-state index is 14.8. The average Bonchev–Trinajstić information content (AvgIpc) is 3.04. The summed E-state index contributed by atoms with van der Waals surface area (Å²) in [7, 11) is 0. The highest BCUT2D eigenvalue weighted by molar-refractivity contribution is 6.35. The van der Waals surface area contributed by atoms with Gasteiger partial charge in [-0.25, -0.2) is 0 Å². The Morgan fingerprint density at radius 3 is 0.951 bits per heavy atom. The fourth-order valence-electron chi connectivity index (χ4n) is 6.07. The minimum absolute atomic E-state index is 0.191. The van der Waals surface area contributed by atoms with Crippen LogP contribution in [0.4, 0.5) is 0 Å². The summed E-state index contributed by atoms with van der Waals surface area (Å²) in [4.78, 5) is 29.6. The van der Waals surface area contributed by atoms with Crippen LogP contribution in [-0.2, 0) is 27.1 Å². The molecule has 0 atom stereocenters. The van der Waals surface area contributed by atoms with Crippen LogP contribution in [0.1, 0.15) is 137 Å². The van der Waals surface area contributed by atoms with Crippen LogP contribution in [0, 0.1) is 0 Å². The van der Waals surface area contributed by atoms with Gasteiger partial charge in [0.25, 0.3) is 0 Å². The van der Waals surface area contributed by atoms with Gasteiger partial charge >= 0.3 is 0 Å². The Morgan fingerprint density at radius 2 is 0.732 bits per heavy atom. The van der Waals surface area contributed by atoms with Crippen molar-refractivity contribution in [2.24, 2.45) is 0 Å². The molecule has 2 N–H and O–H groups in total. The quantitative estimate of drug-likeness (QED) is 0.311. The molecule has 218 valence electrons. The maximum atomic E-state index is 14.8. The van der Waals surface area contributed by atoms with Gasteiger partial charge in [0.2, 0.25) is 0 Å². The van der Waals surface area contributed by atoms with Crippen LogP contribution in [0.5, 0.6) is 11.5 Å². The summed E-state index contributed by atoms with van der Waals surface area (Å²) in [5, 5.41) is 23.0. The zero-order valence-corrected chi connectivity index (χ0v) is 26.8. The van der Waals surface area contributed by atoms with Crippen molar-refractivity contribution in [2.45, 2.75) is 110 Å². The topological polar surface area (TPSA) is 74.6 Å². The van der Waals surface area contributed by atoms with Gasteiger partial charge in [0.15, 0.2) is 11.6 Å². The minimum Gasteiger partial charge on any atom is -0.507 e. The van der Waals surface area contributed by atoms with E-state index < -0.39 is 27.1 Å². The van der Waals surface area contributed by atoms with Crippen molar-refractivity contribution in [3.63, 3.8) is 0 Å². The second kappa shape index (κ2) is 9.31. The number of fused-ring (bicyclic) bond motifs is 1. The van der Waals surface area contributed by atoms with Crippen LogP contribution in [0.25, 0.3) is 0 Å². The number of ketones is 2. The summed E-state index contributed by atoms with van der Waals surface area (Å²) in [5.41, 5.74) is 1.09. The van der Waals surface area contributed by atoms with E-state index in [0.29, 0.717) is 44.5 Å². The first kappa shape index (κ1) is 30.6. The lowest BCUT2D eigenvalue weighted by atomic mass is 9.65. The van der Waals surface area contributed by atoms with Crippen LogP contribution in [0.3, 0.4) is 0 Å². The Morgan fingerprint density at radius 1 is 0.488 bits per heavy atom. The normalized spacial score (nSPS) is 15.8. The number of aromatic hydroxyl groups is 2. The maximum Gasteiger partial charge on any atom is 0.186 e. The molecule has 4 nitrogen and oxygen atoms in total. The standard InChI is InChI=1S/C37H46O4/c1-33(2,3)25-17-21(18-26(29(25)38)34(4,5)6)37(31(40)23-15-13-14-16-24(23)32(37)41)22-19-27(35(7,8)9)30(39)28(20-22)36(10,11)12/h13-20,38-39H,1-12H3. The summed E-state index contributed by atoms with van der Waals surface area (Å²) in [6.07, 6.45) is 0. The molecule has 0 bridgehead atoms. The molecule has 0 heterocycles. The molecular weight excluding hydrogens is 508 g/mol. The van der Waals surface area contributed by atoms with E-state index in [1.165, 1.54) is 0 Å². The Kier molecular flexibility index (Phi) is 6.94. The minimum atomic E-state index is -1.68. The molecular formula is C37H46O4. The average molecular weight is 555 g/mol. The Hall–Kier alpha value is -3.40. The molecule has 0 saturated heterocycles. The number of carbonyl (C=O) groups excluding carboxylic acids is 2. The molecule has 0 aliphatic heterocycles. The monoisotopic (exact) mass is 554 g/mol. The third-order valence-corrected chi connectivity index (χ3v) is 8.42. The summed E-state index contributed by atoms with van der Waals surface area (Å²) in [6.45, 7) is 24.3. The van der Waals surface area contributed by atoms with Crippen LogP contribution in [0.2, 0.25) is 0 Å². The van der Waals surface area contributed by atoms with Gasteiger partial charge < -0.3 is 10.2 Å². The lowest BCUT2D eigenvalue weighted by molar-refractivity contribution is 0.0828. The first-order chi connectivity index (χ1) is 18.5. The van der Waals surface area contributed by atoms with Crippen LogP contribution >= 0.6 is 0 Å². The molecule has 0 radical (unpaired) electrons. The zero-order chi connectivity index (χ0) is 31.1. The predicted octanol–water partition coefficient (Wildman–Crippen LogP) is 8.65. The van der Waals surface area contributed by atoms with Gasteiger partial charge in [-0.2, -0.15) is 0 Å². The van der Waals surface area contributed by atoms with Crippen molar-refractivity contribution < 1.29 is 19.8 Å². The third-order valence-electron chi connectivity index (χ3n) is 8.42. The largest absolute Gasteiger partial charge is 0.507 e. The highest BCUT2D eigenvalue weighted by Crippen LogP contribution is 2.51. The van der Waals surface area contributed by atoms with Gasteiger partial charge in [-0.05, 0) is 79.3 Å². The molecule has 0 amide bonds. The number of rotatable bonds is 2. The first-order valence-electron chi connectivity index (χ1n) is 14.5. The molecule has 0 saturated carbocycles. The van der Waals surface area contributed by atoms with E-state index in [1.807, 2.05) is 107 Å². The molecule has 3 aromatic carbocycles. The molecule has 0 fully saturated rings. The van der Waals surface area contributed by atoms with E-state index in [1.54, 1.807) is 24.3 Å². The van der Waals surface area contributed by atoms with Gasteiger partial charge in [-0.15, -0.1) is 0 Å². The summed E-state index contributed by atoms with van der Waals surface area (Å²) < 4.78 is 0. The van der Waals surface area contributed by atoms with Gasteiger partial charge in [0.05, 0.1) is 0 Å². The first-order valence-corrected chi connectivity index (χ1v) is 14.5. The van der Waals surface area contributed by atoms with E-state index in [2.05, 4.69) is 0 Å². The van der Waals surface area contributed by atoms with Crippen molar-refractivity contribution >= 4 is 11.6 Å². The Balaban J connectivity index is 2.28. The lowest BCUT2D eigenvalue weighted by Crippen LogP contribution is -2.41. The van der Waals surface area contributed by atoms with Gasteiger partial charge in [-0.3, -0.25) is 9.59 Å². The Bertz CT molecular complexity index is 1370. The smallest absolute Gasteiger partial charge is 0.186 e. The van der Waals surface area contributed by atoms with Crippen molar-refractivity contribution in [3.05, 3.63) is 93.0 Å². The second-order valence-electron chi connectivity index (χ2n) is 15.8. The highest BCUT2D eigenvalue weighted by Gasteiger charge is 2.56. The molecule has 3 aromatic rings. The number of Topliss-reactive ketones (excluding diaryl/α,β-unsaturated/α-hetero) is 2. The zero-order valence-electron chi connectivity index (χ0n) is 26.8. The number of hydrogen-bond acceptors (Lipinski definition) is 4. The molecule has 4 rings (SSSR count). The molecule has 1 aliphatic carbocycles. The van der Waals surface area contributed by atoms with Crippen LogP contribution in [0.15, 0.2) is 48.5 Å². The fourth-order valence-corrected chi connectivity index (χ4v) is 6.07. The van der Waals surface area contributed by atoms with E-state index in [4.69, 9.17) is 0 Å². The van der Waals surface area contributed by atoms with Gasteiger partial charge in [-0.1, -0.05) is 107 Å². The number of carbonyl (C=O) groups is 2. The molecule has 0 unspecified atom stereocenters. The number of benzene rings is 3. The van der Waals surface area contributed by atoms with Crippen molar-refractivity contribution in [2.75, 3.05) is 0 Å². The second-order valence-corrected chi connectivity index (χ2v) is 15.8. The van der Waals surface area contributed by atoms with E-state index in [9.17, 15) is 19.8 Å². The highest BCUT2D eigenvalue weighted by atomic mass is 16.3. The molecule has 41 heavy (non-hydrogen) atoms. The number of hydrogen-bond donors (Lipinski definition) is 2. The van der Waals surface area contributed by atoms with Crippen molar-refractivity contribution in [3.8, 4) is 11.5 Å². The van der Waals surface area contributed by atoms with Crippen molar-refractivity contribution in [1.29, 1.82) is 0 Å².